The lowest BCUT2D eigenvalue weighted by atomic mass is 10.1. The van der Waals surface area contributed by atoms with E-state index in [0.717, 1.165) is 12.8 Å². The number of nitrogens with zero attached hydrogens (tertiary/aromatic N) is 2. The van der Waals surface area contributed by atoms with Gasteiger partial charge >= 0.3 is 0 Å². The normalized spacial score (nSPS) is 13.0. The van der Waals surface area contributed by atoms with Crippen LogP contribution in [0, 0.1) is 0 Å². The van der Waals surface area contributed by atoms with E-state index in [1.807, 2.05) is 14.0 Å². The quantitative estimate of drug-likeness (QED) is 0.736. The summed E-state index contributed by atoms with van der Waals surface area (Å²) in [5.74, 6) is 1.30. The summed E-state index contributed by atoms with van der Waals surface area (Å²) in [7, 11) is 1.94. The van der Waals surface area contributed by atoms with Crippen LogP contribution in [0.1, 0.15) is 32.0 Å². The summed E-state index contributed by atoms with van der Waals surface area (Å²) in [5.41, 5.74) is 0. The molecular formula is C10H19N3O2. The van der Waals surface area contributed by atoms with Crippen molar-refractivity contribution in [3.63, 3.8) is 0 Å². The average Bonchev–Trinajstić information content (AvgIpc) is 2.70. The second kappa shape index (κ2) is 6.53. The Morgan fingerprint density at radius 1 is 1.47 bits per heavy atom. The number of nitrogens with one attached hydrogen (secondary N) is 1. The van der Waals surface area contributed by atoms with E-state index in [1.54, 1.807) is 0 Å². The monoisotopic (exact) mass is 213 g/mol. The van der Waals surface area contributed by atoms with Gasteiger partial charge in [0.05, 0.1) is 0 Å². The van der Waals surface area contributed by atoms with Crippen molar-refractivity contribution in [2.45, 2.75) is 39.3 Å². The number of likely N-dealkylation sites (N-methyl/N-ethyl adjacent to an activating group) is 1. The number of rotatable bonds is 7. The number of aromatic nitrogens is 2. The first-order valence-electron chi connectivity index (χ1n) is 5.36. The van der Waals surface area contributed by atoms with E-state index in [2.05, 4.69) is 22.4 Å². The first kappa shape index (κ1) is 12.1. The molecule has 15 heavy (non-hydrogen) atoms. The Hall–Kier alpha value is -0.940. The van der Waals surface area contributed by atoms with Gasteiger partial charge in [-0.3, -0.25) is 0 Å². The van der Waals surface area contributed by atoms with Crippen LogP contribution in [0.3, 0.4) is 0 Å². The van der Waals surface area contributed by atoms with Gasteiger partial charge in [0.15, 0.2) is 5.82 Å². The molecule has 0 radical (unpaired) electrons. The molecule has 0 aromatic carbocycles. The van der Waals surface area contributed by atoms with Gasteiger partial charge in [0.1, 0.15) is 6.61 Å². The molecule has 0 saturated heterocycles. The molecule has 1 aromatic rings. The average molecular weight is 213 g/mol. The predicted molar refractivity (Wildman–Crippen MR) is 56.5 cm³/mol. The van der Waals surface area contributed by atoms with Crippen LogP contribution in [0.15, 0.2) is 4.52 Å². The predicted octanol–water partition coefficient (Wildman–Crippen LogP) is 1.15. The van der Waals surface area contributed by atoms with Crippen LogP contribution in [0.2, 0.25) is 0 Å². The van der Waals surface area contributed by atoms with Crippen LogP contribution in [0.4, 0.5) is 0 Å². The molecule has 0 aliphatic rings. The maximum atomic E-state index is 5.19. The van der Waals surface area contributed by atoms with Crippen LogP contribution in [-0.4, -0.2) is 29.8 Å². The van der Waals surface area contributed by atoms with Gasteiger partial charge in [-0.05, 0) is 20.4 Å². The molecule has 0 fully saturated rings. The number of ether oxygens (including phenoxy) is 1. The second-order valence-electron chi connectivity index (χ2n) is 3.34. The summed E-state index contributed by atoms with van der Waals surface area (Å²) in [6, 6.07) is 0.394. The minimum atomic E-state index is 0.394. The van der Waals surface area contributed by atoms with Crippen molar-refractivity contribution in [3.05, 3.63) is 11.7 Å². The molecule has 1 atom stereocenters. The van der Waals surface area contributed by atoms with Crippen LogP contribution in [-0.2, 0) is 17.8 Å². The Labute approximate surface area is 90.2 Å². The van der Waals surface area contributed by atoms with Gasteiger partial charge in [-0.1, -0.05) is 12.1 Å². The van der Waals surface area contributed by atoms with E-state index in [-0.39, 0.29) is 0 Å². The fourth-order valence-electron chi connectivity index (χ4n) is 1.29. The molecular weight excluding hydrogens is 194 g/mol. The molecule has 0 amide bonds. The van der Waals surface area contributed by atoms with E-state index in [1.165, 1.54) is 0 Å². The maximum Gasteiger partial charge on any atom is 0.228 e. The highest BCUT2D eigenvalue weighted by molar-refractivity contribution is 4.87. The summed E-state index contributed by atoms with van der Waals surface area (Å²) >= 11 is 0. The molecule has 5 heteroatoms. The smallest absolute Gasteiger partial charge is 0.228 e. The SMILES string of the molecule is CCOCc1noc(CC(CC)NC)n1. The fraction of sp³-hybridized carbons (Fsp3) is 0.800. The van der Waals surface area contributed by atoms with Crippen molar-refractivity contribution >= 4 is 0 Å². The molecule has 1 heterocycles. The van der Waals surface area contributed by atoms with Gasteiger partial charge in [0, 0.05) is 19.1 Å². The molecule has 1 aromatic heterocycles. The third kappa shape index (κ3) is 3.97. The van der Waals surface area contributed by atoms with Crippen molar-refractivity contribution in [2.75, 3.05) is 13.7 Å². The Bertz CT molecular complexity index is 271. The second-order valence-corrected chi connectivity index (χ2v) is 3.34. The van der Waals surface area contributed by atoms with Crippen LogP contribution in [0.5, 0.6) is 0 Å². The molecule has 5 nitrogen and oxygen atoms in total. The maximum absolute atomic E-state index is 5.19. The zero-order chi connectivity index (χ0) is 11.1. The third-order valence-corrected chi connectivity index (χ3v) is 2.27. The lowest BCUT2D eigenvalue weighted by Gasteiger charge is -2.09. The van der Waals surface area contributed by atoms with Crippen molar-refractivity contribution < 1.29 is 9.26 Å². The summed E-state index contributed by atoms with van der Waals surface area (Å²) in [6.07, 6.45) is 1.81. The molecule has 0 saturated carbocycles. The van der Waals surface area contributed by atoms with Crippen molar-refractivity contribution in [1.29, 1.82) is 0 Å². The minimum Gasteiger partial charge on any atom is -0.374 e. The van der Waals surface area contributed by atoms with E-state index >= 15 is 0 Å². The molecule has 1 unspecified atom stereocenters. The van der Waals surface area contributed by atoms with Crippen molar-refractivity contribution in [3.8, 4) is 0 Å². The zero-order valence-corrected chi connectivity index (χ0v) is 9.62. The fourth-order valence-corrected chi connectivity index (χ4v) is 1.29. The highest BCUT2D eigenvalue weighted by Gasteiger charge is 2.11. The van der Waals surface area contributed by atoms with Gasteiger partial charge in [-0.15, -0.1) is 0 Å². The van der Waals surface area contributed by atoms with Crippen molar-refractivity contribution in [2.24, 2.45) is 0 Å². The van der Waals surface area contributed by atoms with Crippen LogP contribution >= 0.6 is 0 Å². The number of hydrogen-bond acceptors (Lipinski definition) is 5. The van der Waals surface area contributed by atoms with E-state index in [4.69, 9.17) is 9.26 Å². The first-order valence-corrected chi connectivity index (χ1v) is 5.36. The lowest BCUT2D eigenvalue weighted by Crippen LogP contribution is -2.26. The molecule has 0 bridgehead atoms. The van der Waals surface area contributed by atoms with Gasteiger partial charge in [0.25, 0.3) is 0 Å². The van der Waals surface area contributed by atoms with E-state index in [0.29, 0.717) is 31.0 Å². The molecule has 1 N–H and O–H groups in total. The molecule has 0 aliphatic carbocycles. The minimum absolute atomic E-state index is 0.394. The molecule has 1 rings (SSSR count). The van der Waals surface area contributed by atoms with Gasteiger partial charge in [-0.25, -0.2) is 0 Å². The number of hydrogen-bond donors (Lipinski definition) is 1. The molecule has 0 aliphatic heterocycles. The highest BCUT2D eigenvalue weighted by atomic mass is 16.5. The van der Waals surface area contributed by atoms with E-state index in [9.17, 15) is 0 Å². The Morgan fingerprint density at radius 3 is 2.87 bits per heavy atom. The highest BCUT2D eigenvalue weighted by Crippen LogP contribution is 2.04. The zero-order valence-electron chi connectivity index (χ0n) is 9.62. The van der Waals surface area contributed by atoms with E-state index < -0.39 is 0 Å². The summed E-state index contributed by atoms with van der Waals surface area (Å²) in [4.78, 5) is 4.24. The summed E-state index contributed by atoms with van der Waals surface area (Å²) < 4.78 is 10.3. The Kier molecular flexibility index (Phi) is 5.28. The Morgan fingerprint density at radius 2 is 2.27 bits per heavy atom. The lowest BCUT2D eigenvalue weighted by molar-refractivity contribution is 0.126. The molecule has 86 valence electrons. The molecule has 0 spiro atoms. The summed E-state index contributed by atoms with van der Waals surface area (Å²) in [6.45, 7) is 5.15. The van der Waals surface area contributed by atoms with Crippen LogP contribution in [0.25, 0.3) is 0 Å². The first-order chi connectivity index (χ1) is 7.30. The summed E-state index contributed by atoms with van der Waals surface area (Å²) in [5, 5.41) is 7.03. The topological polar surface area (TPSA) is 60.2 Å². The Balaban J connectivity index is 2.44. The third-order valence-electron chi connectivity index (χ3n) is 2.27. The van der Waals surface area contributed by atoms with Gasteiger partial charge < -0.3 is 14.6 Å². The van der Waals surface area contributed by atoms with Gasteiger partial charge in [-0.2, -0.15) is 4.98 Å². The van der Waals surface area contributed by atoms with Crippen LogP contribution < -0.4 is 5.32 Å². The standard InChI is InChI=1S/C10H19N3O2/c1-4-8(11-3)6-10-12-9(13-15-10)7-14-5-2/h8,11H,4-7H2,1-3H3. The van der Waals surface area contributed by atoms with Crippen molar-refractivity contribution in [1.82, 2.24) is 15.5 Å². The largest absolute Gasteiger partial charge is 0.374 e. The van der Waals surface area contributed by atoms with Gasteiger partial charge in [0.2, 0.25) is 5.89 Å².